The van der Waals surface area contributed by atoms with Gasteiger partial charge in [0.05, 0.1) is 19.2 Å². The van der Waals surface area contributed by atoms with Gasteiger partial charge in [-0.05, 0) is 37.3 Å². The smallest absolute Gasteiger partial charge is 0.265 e. The van der Waals surface area contributed by atoms with E-state index in [2.05, 4.69) is 5.32 Å². The Morgan fingerprint density at radius 2 is 1.70 bits per heavy atom. The standard InChI is InChI=1S/C17H18ClNO4/c1-11(23-16-7-5-4-6-15(16)22-3)17(20)19-12-8-9-14(21-2)13(18)10-12/h4-11H,1-3H3,(H,19,20)/t11-/m1/s1. The van der Waals surface area contributed by atoms with Crippen LogP contribution in [-0.2, 0) is 4.79 Å². The van der Waals surface area contributed by atoms with Gasteiger partial charge in [0.1, 0.15) is 5.75 Å². The number of nitrogens with one attached hydrogen (secondary N) is 1. The van der Waals surface area contributed by atoms with E-state index in [1.54, 1.807) is 44.4 Å². The van der Waals surface area contributed by atoms with Gasteiger partial charge in [-0.3, -0.25) is 4.79 Å². The fourth-order valence-corrected chi connectivity index (χ4v) is 2.21. The van der Waals surface area contributed by atoms with Gasteiger partial charge >= 0.3 is 0 Å². The Balaban J connectivity index is 2.04. The van der Waals surface area contributed by atoms with Crippen LogP contribution in [0.15, 0.2) is 42.5 Å². The lowest BCUT2D eigenvalue weighted by atomic mass is 10.2. The normalized spacial score (nSPS) is 11.5. The third kappa shape index (κ3) is 4.29. The number of methoxy groups -OCH3 is 2. The summed E-state index contributed by atoms with van der Waals surface area (Å²) in [5.41, 5.74) is 0.566. The highest BCUT2D eigenvalue weighted by molar-refractivity contribution is 6.32. The van der Waals surface area contributed by atoms with E-state index in [1.165, 1.54) is 7.11 Å². The third-order valence-corrected chi connectivity index (χ3v) is 3.46. The molecule has 6 heteroatoms. The maximum Gasteiger partial charge on any atom is 0.265 e. The van der Waals surface area contributed by atoms with Gasteiger partial charge in [0.15, 0.2) is 17.6 Å². The van der Waals surface area contributed by atoms with Gasteiger partial charge in [-0.1, -0.05) is 23.7 Å². The first-order chi connectivity index (χ1) is 11.0. The van der Waals surface area contributed by atoms with Crippen LogP contribution >= 0.6 is 11.6 Å². The van der Waals surface area contributed by atoms with Gasteiger partial charge in [0.2, 0.25) is 0 Å². The van der Waals surface area contributed by atoms with Crippen molar-refractivity contribution in [2.45, 2.75) is 13.0 Å². The molecule has 23 heavy (non-hydrogen) atoms. The molecule has 0 heterocycles. The Bertz CT molecular complexity index is 690. The maximum absolute atomic E-state index is 12.2. The minimum Gasteiger partial charge on any atom is -0.495 e. The van der Waals surface area contributed by atoms with Crippen LogP contribution in [0.25, 0.3) is 0 Å². The molecule has 2 rings (SSSR count). The summed E-state index contributed by atoms with van der Waals surface area (Å²) in [7, 11) is 3.08. The van der Waals surface area contributed by atoms with Crippen LogP contribution in [0.4, 0.5) is 5.69 Å². The second-order valence-electron chi connectivity index (χ2n) is 4.75. The molecule has 1 atom stereocenters. The van der Waals surface area contributed by atoms with Crippen molar-refractivity contribution >= 4 is 23.2 Å². The van der Waals surface area contributed by atoms with Crippen LogP contribution in [0.2, 0.25) is 5.02 Å². The SMILES string of the molecule is COc1ccc(NC(=O)[C@@H](C)Oc2ccccc2OC)cc1Cl. The number of benzene rings is 2. The highest BCUT2D eigenvalue weighted by Crippen LogP contribution is 2.28. The van der Waals surface area contributed by atoms with Crippen molar-refractivity contribution in [3.05, 3.63) is 47.5 Å². The Morgan fingerprint density at radius 1 is 1.04 bits per heavy atom. The molecule has 0 radical (unpaired) electrons. The number of hydrogen-bond donors (Lipinski definition) is 1. The number of para-hydroxylation sites is 2. The number of halogens is 1. The monoisotopic (exact) mass is 335 g/mol. The molecule has 0 aliphatic rings. The lowest BCUT2D eigenvalue weighted by Gasteiger charge is -2.17. The molecule has 122 valence electrons. The lowest BCUT2D eigenvalue weighted by Crippen LogP contribution is -2.30. The maximum atomic E-state index is 12.2. The Kier molecular flexibility index (Phi) is 5.71. The van der Waals surface area contributed by atoms with Crippen LogP contribution in [-0.4, -0.2) is 26.2 Å². The van der Waals surface area contributed by atoms with Crippen molar-refractivity contribution in [1.82, 2.24) is 0 Å². The topological polar surface area (TPSA) is 56.8 Å². The van der Waals surface area contributed by atoms with E-state index in [0.717, 1.165) is 0 Å². The van der Waals surface area contributed by atoms with E-state index in [-0.39, 0.29) is 5.91 Å². The zero-order valence-electron chi connectivity index (χ0n) is 13.1. The Hall–Kier alpha value is -2.40. The molecule has 0 aromatic heterocycles. The molecule has 5 nitrogen and oxygen atoms in total. The Morgan fingerprint density at radius 3 is 2.30 bits per heavy atom. The van der Waals surface area contributed by atoms with E-state index in [4.69, 9.17) is 25.8 Å². The summed E-state index contributed by atoms with van der Waals surface area (Å²) in [6, 6.07) is 12.2. The van der Waals surface area contributed by atoms with Crippen molar-refractivity contribution in [3.63, 3.8) is 0 Å². The second-order valence-corrected chi connectivity index (χ2v) is 5.16. The fourth-order valence-electron chi connectivity index (χ4n) is 1.95. The number of ether oxygens (including phenoxy) is 3. The molecule has 0 saturated carbocycles. The molecule has 1 N–H and O–H groups in total. The van der Waals surface area contributed by atoms with Crippen LogP contribution in [0.5, 0.6) is 17.2 Å². The summed E-state index contributed by atoms with van der Waals surface area (Å²) in [6.07, 6.45) is -0.702. The summed E-state index contributed by atoms with van der Waals surface area (Å²) in [6.45, 7) is 1.66. The molecule has 0 bridgehead atoms. The summed E-state index contributed by atoms with van der Waals surface area (Å²) in [4.78, 5) is 12.2. The minimum atomic E-state index is -0.702. The van der Waals surface area contributed by atoms with Crippen molar-refractivity contribution in [2.75, 3.05) is 19.5 Å². The number of hydrogen-bond acceptors (Lipinski definition) is 4. The zero-order valence-corrected chi connectivity index (χ0v) is 13.9. The van der Waals surface area contributed by atoms with Gasteiger partial charge in [0.25, 0.3) is 5.91 Å². The number of carbonyl (C=O) groups excluding carboxylic acids is 1. The second kappa shape index (κ2) is 7.74. The zero-order chi connectivity index (χ0) is 16.8. The first-order valence-electron chi connectivity index (χ1n) is 6.99. The molecular weight excluding hydrogens is 318 g/mol. The molecule has 1 amide bonds. The van der Waals surface area contributed by atoms with Gasteiger partial charge < -0.3 is 19.5 Å². The average Bonchev–Trinajstić information content (AvgIpc) is 2.55. The highest BCUT2D eigenvalue weighted by atomic mass is 35.5. The van der Waals surface area contributed by atoms with E-state index in [0.29, 0.717) is 28.0 Å². The number of amides is 1. The summed E-state index contributed by atoms with van der Waals surface area (Å²) in [5, 5.41) is 3.17. The predicted octanol–water partition coefficient (Wildman–Crippen LogP) is 3.76. The molecule has 0 spiro atoms. The fraction of sp³-hybridized carbons (Fsp3) is 0.235. The van der Waals surface area contributed by atoms with Gasteiger partial charge in [-0.2, -0.15) is 0 Å². The number of rotatable bonds is 6. The van der Waals surface area contributed by atoms with Crippen molar-refractivity contribution in [3.8, 4) is 17.2 Å². The van der Waals surface area contributed by atoms with Crippen LogP contribution in [0.1, 0.15) is 6.92 Å². The Labute approximate surface area is 140 Å². The van der Waals surface area contributed by atoms with Crippen molar-refractivity contribution < 1.29 is 19.0 Å². The van der Waals surface area contributed by atoms with Crippen LogP contribution in [0.3, 0.4) is 0 Å². The van der Waals surface area contributed by atoms with Crippen molar-refractivity contribution in [2.24, 2.45) is 0 Å². The average molecular weight is 336 g/mol. The summed E-state index contributed by atoms with van der Waals surface area (Å²) < 4.78 is 15.9. The highest BCUT2D eigenvalue weighted by Gasteiger charge is 2.17. The molecule has 0 saturated heterocycles. The number of carbonyl (C=O) groups is 1. The molecule has 2 aromatic rings. The summed E-state index contributed by atoms with van der Waals surface area (Å²) >= 11 is 6.04. The van der Waals surface area contributed by atoms with Crippen LogP contribution < -0.4 is 19.5 Å². The van der Waals surface area contributed by atoms with E-state index >= 15 is 0 Å². The molecule has 0 unspecified atom stereocenters. The van der Waals surface area contributed by atoms with Crippen LogP contribution in [0, 0.1) is 0 Å². The first-order valence-corrected chi connectivity index (χ1v) is 7.37. The van der Waals surface area contributed by atoms with Gasteiger partial charge in [-0.25, -0.2) is 0 Å². The van der Waals surface area contributed by atoms with Gasteiger partial charge in [0, 0.05) is 5.69 Å². The predicted molar refractivity (Wildman–Crippen MR) is 89.7 cm³/mol. The molecule has 2 aromatic carbocycles. The van der Waals surface area contributed by atoms with Crippen molar-refractivity contribution in [1.29, 1.82) is 0 Å². The van der Waals surface area contributed by atoms with E-state index in [1.807, 2.05) is 12.1 Å². The molecular formula is C17H18ClNO4. The largest absolute Gasteiger partial charge is 0.495 e. The quantitative estimate of drug-likeness (QED) is 0.873. The molecule has 0 aliphatic heterocycles. The third-order valence-electron chi connectivity index (χ3n) is 3.16. The molecule has 0 aliphatic carbocycles. The van der Waals surface area contributed by atoms with E-state index in [9.17, 15) is 4.79 Å². The first kappa shape index (κ1) is 17.0. The number of anilines is 1. The van der Waals surface area contributed by atoms with E-state index < -0.39 is 6.10 Å². The summed E-state index contributed by atoms with van der Waals surface area (Å²) in [5.74, 6) is 1.32. The lowest BCUT2D eigenvalue weighted by molar-refractivity contribution is -0.122. The minimum absolute atomic E-state index is 0.294. The van der Waals surface area contributed by atoms with Gasteiger partial charge in [-0.15, -0.1) is 0 Å². The molecule has 0 fully saturated rings.